The molecule has 1 aliphatic carbocycles. The molecular weight excluding hydrogens is 340 g/mol. The van der Waals surface area contributed by atoms with Crippen molar-refractivity contribution >= 4 is 11.9 Å². The minimum absolute atomic E-state index is 0.239. The number of carbonyl (C=O) groups is 2. The second-order valence-corrected chi connectivity index (χ2v) is 7.67. The van der Waals surface area contributed by atoms with Crippen LogP contribution in [0.5, 0.6) is 0 Å². The third-order valence-electron chi connectivity index (χ3n) is 5.27. The molecule has 4 nitrogen and oxygen atoms in total. The third kappa shape index (κ3) is 10.6. The van der Waals surface area contributed by atoms with Crippen molar-refractivity contribution in [1.29, 1.82) is 0 Å². The van der Waals surface area contributed by atoms with Crippen molar-refractivity contribution in [2.75, 3.05) is 13.2 Å². The molecule has 4 heteroatoms. The summed E-state index contributed by atoms with van der Waals surface area (Å²) in [6.45, 7) is 5.20. The summed E-state index contributed by atoms with van der Waals surface area (Å²) in [5.41, 5.74) is 0. The van der Waals surface area contributed by atoms with Gasteiger partial charge in [-0.05, 0) is 25.7 Å². The minimum atomic E-state index is -0.387. The molecule has 0 aliphatic heterocycles. The zero-order valence-corrected chi connectivity index (χ0v) is 17.5. The second-order valence-electron chi connectivity index (χ2n) is 7.67. The van der Waals surface area contributed by atoms with E-state index in [0.29, 0.717) is 26.1 Å². The Morgan fingerprint density at radius 1 is 0.667 bits per heavy atom. The SMILES string of the molecule is CCCCCCCCCCCOC(=O)C1CC=CCC1C(=O)OCCCC. The normalized spacial score (nSPS) is 19.0. The van der Waals surface area contributed by atoms with Crippen molar-refractivity contribution in [3.05, 3.63) is 12.2 Å². The standard InChI is InChI=1S/C23H40O4/c1-3-5-7-8-9-10-11-12-15-19-27-23(25)21-17-14-13-16-20(21)22(24)26-18-6-4-2/h13-14,20-21H,3-12,15-19H2,1-2H3. The maximum atomic E-state index is 12.4. The van der Waals surface area contributed by atoms with E-state index in [1.54, 1.807) is 0 Å². The van der Waals surface area contributed by atoms with E-state index < -0.39 is 0 Å². The van der Waals surface area contributed by atoms with Crippen molar-refractivity contribution in [3.63, 3.8) is 0 Å². The largest absolute Gasteiger partial charge is 0.465 e. The highest BCUT2D eigenvalue weighted by molar-refractivity contribution is 5.82. The van der Waals surface area contributed by atoms with E-state index in [0.717, 1.165) is 25.7 Å². The van der Waals surface area contributed by atoms with Crippen LogP contribution in [0.25, 0.3) is 0 Å². The van der Waals surface area contributed by atoms with Gasteiger partial charge in [-0.1, -0.05) is 83.8 Å². The fraction of sp³-hybridized carbons (Fsp3) is 0.826. The van der Waals surface area contributed by atoms with Gasteiger partial charge in [0.05, 0.1) is 25.0 Å². The molecular formula is C23H40O4. The molecule has 0 fully saturated rings. The summed E-state index contributed by atoms with van der Waals surface area (Å²) in [4.78, 5) is 24.7. The Bertz CT molecular complexity index is 430. The number of hydrogen-bond donors (Lipinski definition) is 0. The van der Waals surface area contributed by atoms with Gasteiger partial charge in [0.2, 0.25) is 0 Å². The van der Waals surface area contributed by atoms with Crippen molar-refractivity contribution in [2.24, 2.45) is 11.8 Å². The quantitative estimate of drug-likeness (QED) is 0.199. The topological polar surface area (TPSA) is 52.6 Å². The monoisotopic (exact) mass is 380 g/mol. The average molecular weight is 381 g/mol. The van der Waals surface area contributed by atoms with Crippen LogP contribution in [0.1, 0.15) is 97.3 Å². The van der Waals surface area contributed by atoms with Crippen LogP contribution in [0.3, 0.4) is 0 Å². The van der Waals surface area contributed by atoms with Gasteiger partial charge in [0.15, 0.2) is 0 Å². The summed E-state index contributed by atoms with van der Waals surface area (Å²) in [5, 5.41) is 0. The molecule has 0 saturated heterocycles. The lowest BCUT2D eigenvalue weighted by atomic mass is 9.83. The highest BCUT2D eigenvalue weighted by atomic mass is 16.5. The van der Waals surface area contributed by atoms with E-state index in [2.05, 4.69) is 13.8 Å². The lowest BCUT2D eigenvalue weighted by molar-refractivity contribution is -0.161. The highest BCUT2D eigenvalue weighted by Gasteiger charge is 2.36. The number of carbonyl (C=O) groups excluding carboxylic acids is 2. The number of rotatable bonds is 15. The van der Waals surface area contributed by atoms with Gasteiger partial charge in [-0.3, -0.25) is 9.59 Å². The molecule has 0 radical (unpaired) electrons. The van der Waals surface area contributed by atoms with Gasteiger partial charge in [0.1, 0.15) is 0 Å². The van der Waals surface area contributed by atoms with Crippen molar-refractivity contribution < 1.29 is 19.1 Å². The molecule has 2 unspecified atom stereocenters. The maximum absolute atomic E-state index is 12.4. The summed E-state index contributed by atoms with van der Waals surface area (Å²) in [7, 11) is 0. The Hall–Kier alpha value is -1.32. The van der Waals surface area contributed by atoms with Crippen LogP contribution in [0.4, 0.5) is 0 Å². The van der Waals surface area contributed by atoms with Gasteiger partial charge >= 0.3 is 11.9 Å². The van der Waals surface area contributed by atoms with Crippen LogP contribution >= 0.6 is 0 Å². The Morgan fingerprint density at radius 2 is 1.07 bits per heavy atom. The summed E-state index contributed by atoms with van der Waals surface area (Å²) >= 11 is 0. The molecule has 0 spiro atoms. The number of allylic oxidation sites excluding steroid dienone is 2. The van der Waals surface area contributed by atoms with Crippen LogP contribution in [-0.2, 0) is 19.1 Å². The zero-order chi connectivity index (χ0) is 19.7. The van der Waals surface area contributed by atoms with Gasteiger partial charge in [-0.2, -0.15) is 0 Å². The molecule has 0 N–H and O–H groups in total. The first-order valence-corrected chi connectivity index (χ1v) is 11.2. The van der Waals surface area contributed by atoms with Gasteiger partial charge in [-0.25, -0.2) is 0 Å². The Morgan fingerprint density at radius 3 is 1.56 bits per heavy atom. The number of esters is 2. The fourth-order valence-electron chi connectivity index (χ4n) is 3.45. The minimum Gasteiger partial charge on any atom is -0.465 e. The van der Waals surface area contributed by atoms with Crippen LogP contribution in [-0.4, -0.2) is 25.2 Å². The van der Waals surface area contributed by atoms with Crippen molar-refractivity contribution in [1.82, 2.24) is 0 Å². The summed E-state index contributed by atoms with van der Waals surface area (Å²) < 4.78 is 10.8. The van der Waals surface area contributed by atoms with E-state index in [9.17, 15) is 9.59 Å². The predicted octanol–water partition coefficient (Wildman–Crippen LogP) is 5.99. The summed E-state index contributed by atoms with van der Waals surface area (Å²) in [6.07, 6.45) is 18.1. The molecule has 0 aromatic rings. The van der Waals surface area contributed by atoms with Gasteiger partial charge in [0.25, 0.3) is 0 Å². The lowest BCUT2D eigenvalue weighted by Gasteiger charge is -2.25. The van der Waals surface area contributed by atoms with Crippen LogP contribution in [0, 0.1) is 11.8 Å². The van der Waals surface area contributed by atoms with Crippen molar-refractivity contribution in [2.45, 2.75) is 97.3 Å². The Labute approximate surface area is 166 Å². The van der Waals surface area contributed by atoms with Crippen molar-refractivity contribution in [3.8, 4) is 0 Å². The molecule has 2 atom stereocenters. The Kier molecular flexibility index (Phi) is 13.8. The molecule has 27 heavy (non-hydrogen) atoms. The van der Waals surface area contributed by atoms with E-state index >= 15 is 0 Å². The molecule has 0 bridgehead atoms. The molecule has 0 aromatic heterocycles. The first-order chi connectivity index (χ1) is 13.2. The lowest BCUT2D eigenvalue weighted by Crippen LogP contribution is -2.34. The summed E-state index contributed by atoms with van der Waals surface area (Å²) in [6, 6.07) is 0. The van der Waals surface area contributed by atoms with Gasteiger partial charge in [-0.15, -0.1) is 0 Å². The van der Waals surface area contributed by atoms with E-state index in [1.807, 2.05) is 12.2 Å². The van der Waals surface area contributed by atoms with Crippen LogP contribution < -0.4 is 0 Å². The zero-order valence-electron chi connectivity index (χ0n) is 17.5. The molecule has 0 amide bonds. The number of unbranched alkanes of at least 4 members (excludes halogenated alkanes) is 9. The van der Waals surface area contributed by atoms with Gasteiger partial charge < -0.3 is 9.47 Å². The molecule has 1 rings (SSSR count). The molecule has 0 saturated carbocycles. The fourth-order valence-corrected chi connectivity index (χ4v) is 3.45. The second kappa shape index (κ2) is 15.7. The summed E-state index contributed by atoms with van der Waals surface area (Å²) in [5.74, 6) is -1.26. The van der Waals surface area contributed by atoms with E-state index in [4.69, 9.17) is 9.47 Å². The maximum Gasteiger partial charge on any atom is 0.310 e. The predicted molar refractivity (Wildman–Crippen MR) is 109 cm³/mol. The molecule has 156 valence electrons. The van der Waals surface area contributed by atoms with Crippen LogP contribution in [0.2, 0.25) is 0 Å². The smallest absolute Gasteiger partial charge is 0.310 e. The van der Waals surface area contributed by atoms with E-state index in [1.165, 1.54) is 44.9 Å². The first kappa shape index (κ1) is 23.7. The van der Waals surface area contributed by atoms with E-state index in [-0.39, 0.29) is 23.8 Å². The highest BCUT2D eigenvalue weighted by Crippen LogP contribution is 2.28. The van der Waals surface area contributed by atoms with Gasteiger partial charge in [0, 0.05) is 0 Å². The molecule has 0 heterocycles. The number of hydrogen-bond acceptors (Lipinski definition) is 4. The average Bonchev–Trinajstić information content (AvgIpc) is 2.69. The Balaban J connectivity index is 2.18. The number of ether oxygens (including phenoxy) is 2. The third-order valence-corrected chi connectivity index (χ3v) is 5.27. The van der Waals surface area contributed by atoms with Crippen LogP contribution in [0.15, 0.2) is 12.2 Å². The molecule has 0 aromatic carbocycles. The molecule has 1 aliphatic rings. The first-order valence-electron chi connectivity index (χ1n) is 11.2.